The van der Waals surface area contributed by atoms with Crippen molar-refractivity contribution in [2.45, 2.75) is 19.7 Å². The molecule has 110 valence electrons. The van der Waals surface area contributed by atoms with Gasteiger partial charge in [0.25, 0.3) is 0 Å². The molecule has 0 heterocycles. The van der Waals surface area contributed by atoms with Crippen molar-refractivity contribution in [3.63, 3.8) is 0 Å². The lowest BCUT2D eigenvalue weighted by molar-refractivity contribution is 0.240. The number of benzene rings is 2. The number of hydrogen-bond acceptors (Lipinski definition) is 2. The molecule has 0 aromatic heterocycles. The highest BCUT2D eigenvalue weighted by Gasteiger charge is 2.03. The van der Waals surface area contributed by atoms with Crippen LogP contribution in [0.15, 0.2) is 48.5 Å². The molecular formula is C16H17ClN2O2. The Morgan fingerprint density at radius 1 is 0.952 bits per heavy atom. The molecule has 0 aliphatic heterocycles. The van der Waals surface area contributed by atoms with Crippen LogP contribution in [0.5, 0.6) is 0 Å². The van der Waals surface area contributed by atoms with Crippen LogP contribution in [0.2, 0.25) is 5.02 Å². The van der Waals surface area contributed by atoms with Crippen LogP contribution in [-0.4, -0.2) is 11.1 Å². The minimum Gasteiger partial charge on any atom is -0.392 e. The zero-order valence-corrected chi connectivity index (χ0v) is 12.2. The summed E-state index contributed by atoms with van der Waals surface area (Å²) in [6, 6.07) is 14.6. The highest BCUT2D eigenvalue weighted by molar-refractivity contribution is 6.31. The molecule has 0 aliphatic carbocycles. The molecule has 0 saturated carbocycles. The van der Waals surface area contributed by atoms with Gasteiger partial charge < -0.3 is 15.7 Å². The Kier molecular flexibility index (Phi) is 5.60. The van der Waals surface area contributed by atoms with Crippen LogP contribution in [0.3, 0.4) is 0 Å². The third-order valence-electron chi connectivity index (χ3n) is 3.06. The number of amides is 2. The minimum absolute atomic E-state index is 0.0199. The molecule has 4 nitrogen and oxygen atoms in total. The summed E-state index contributed by atoms with van der Waals surface area (Å²) in [5, 5.41) is 15.1. The first-order valence-electron chi connectivity index (χ1n) is 6.63. The quantitative estimate of drug-likeness (QED) is 0.795. The molecule has 3 N–H and O–H groups in total. The SMILES string of the molecule is O=C(NCc1ccc(CO)cc1)NCc1ccccc1Cl. The van der Waals surface area contributed by atoms with Gasteiger partial charge in [0.1, 0.15) is 0 Å². The number of hydrogen-bond donors (Lipinski definition) is 3. The number of nitrogens with one attached hydrogen (secondary N) is 2. The fourth-order valence-electron chi connectivity index (χ4n) is 1.82. The average Bonchev–Trinajstić information content (AvgIpc) is 2.52. The first-order chi connectivity index (χ1) is 10.2. The van der Waals surface area contributed by atoms with Gasteiger partial charge in [-0.1, -0.05) is 54.1 Å². The van der Waals surface area contributed by atoms with E-state index < -0.39 is 0 Å². The molecule has 5 heteroatoms. The summed E-state index contributed by atoms with van der Waals surface area (Å²) in [4.78, 5) is 11.7. The Balaban J connectivity index is 1.78. The summed E-state index contributed by atoms with van der Waals surface area (Å²) in [6.45, 7) is 0.834. The van der Waals surface area contributed by atoms with E-state index >= 15 is 0 Å². The molecule has 0 atom stereocenters. The second-order valence-electron chi connectivity index (χ2n) is 4.60. The molecule has 0 unspecified atom stereocenters. The number of aliphatic hydroxyl groups excluding tert-OH is 1. The van der Waals surface area contributed by atoms with Gasteiger partial charge in [-0.25, -0.2) is 4.79 Å². The van der Waals surface area contributed by atoms with Crippen molar-refractivity contribution >= 4 is 17.6 Å². The Bertz CT molecular complexity index is 599. The van der Waals surface area contributed by atoms with Gasteiger partial charge in [-0.15, -0.1) is 0 Å². The topological polar surface area (TPSA) is 61.4 Å². The van der Waals surface area contributed by atoms with Gasteiger partial charge in [-0.2, -0.15) is 0 Å². The van der Waals surface area contributed by atoms with E-state index in [1.165, 1.54) is 0 Å². The van der Waals surface area contributed by atoms with Crippen LogP contribution >= 0.6 is 11.6 Å². The number of carbonyl (C=O) groups excluding carboxylic acids is 1. The van der Waals surface area contributed by atoms with E-state index in [1.54, 1.807) is 6.07 Å². The molecule has 0 bridgehead atoms. The van der Waals surface area contributed by atoms with Crippen LogP contribution in [-0.2, 0) is 19.7 Å². The Labute approximate surface area is 128 Å². The van der Waals surface area contributed by atoms with E-state index in [-0.39, 0.29) is 12.6 Å². The average molecular weight is 305 g/mol. The van der Waals surface area contributed by atoms with Crippen LogP contribution in [0.4, 0.5) is 4.79 Å². The standard InChI is InChI=1S/C16H17ClN2O2/c17-15-4-2-1-3-14(15)10-19-16(21)18-9-12-5-7-13(11-20)8-6-12/h1-8,20H,9-11H2,(H2,18,19,21). The summed E-state index contributed by atoms with van der Waals surface area (Å²) < 4.78 is 0. The van der Waals surface area contributed by atoms with Gasteiger partial charge in [0.2, 0.25) is 0 Å². The lowest BCUT2D eigenvalue weighted by Gasteiger charge is -2.09. The fourth-order valence-corrected chi connectivity index (χ4v) is 2.03. The van der Waals surface area contributed by atoms with E-state index in [9.17, 15) is 4.79 Å². The van der Waals surface area contributed by atoms with Crippen molar-refractivity contribution < 1.29 is 9.90 Å². The Morgan fingerprint density at radius 3 is 2.24 bits per heavy atom. The van der Waals surface area contributed by atoms with E-state index in [0.717, 1.165) is 16.7 Å². The molecule has 2 aromatic carbocycles. The predicted octanol–water partition coefficient (Wildman–Crippen LogP) is 2.83. The van der Waals surface area contributed by atoms with E-state index in [4.69, 9.17) is 16.7 Å². The summed E-state index contributed by atoms with van der Waals surface area (Å²) in [7, 11) is 0. The number of rotatable bonds is 5. The molecule has 0 saturated heterocycles. The number of aliphatic hydroxyl groups is 1. The molecular weight excluding hydrogens is 288 g/mol. The van der Waals surface area contributed by atoms with Crippen LogP contribution in [0.25, 0.3) is 0 Å². The van der Waals surface area contributed by atoms with E-state index in [1.807, 2.05) is 42.5 Å². The summed E-state index contributed by atoms with van der Waals surface area (Å²) in [5.74, 6) is 0. The second-order valence-corrected chi connectivity index (χ2v) is 5.01. The largest absolute Gasteiger partial charge is 0.392 e. The second kappa shape index (κ2) is 7.67. The van der Waals surface area contributed by atoms with Crippen LogP contribution < -0.4 is 10.6 Å². The maximum Gasteiger partial charge on any atom is 0.315 e. The third kappa shape index (κ3) is 4.77. The van der Waals surface area contributed by atoms with Crippen molar-refractivity contribution in [1.82, 2.24) is 10.6 Å². The summed E-state index contributed by atoms with van der Waals surface area (Å²) in [5.41, 5.74) is 2.70. The molecule has 2 amide bonds. The zero-order valence-electron chi connectivity index (χ0n) is 11.5. The molecule has 2 aromatic rings. The van der Waals surface area contributed by atoms with Gasteiger partial charge in [-0.05, 0) is 22.8 Å². The predicted molar refractivity (Wildman–Crippen MR) is 82.9 cm³/mol. The molecule has 0 spiro atoms. The van der Waals surface area contributed by atoms with Gasteiger partial charge in [0.15, 0.2) is 0 Å². The monoisotopic (exact) mass is 304 g/mol. The van der Waals surface area contributed by atoms with Crippen LogP contribution in [0.1, 0.15) is 16.7 Å². The number of carbonyl (C=O) groups is 1. The third-order valence-corrected chi connectivity index (χ3v) is 3.42. The van der Waals surface area contributed by atoms with Gasteiger partial charge in [0, 0.05) is 18.1 Å². The lowest BCUT2D eigenvalue weighted by atomic mass is 10.1. The smallest absolute Gasteiger partial charge is 0.315 e. The summed E-state index contributed by atoms with van der Waals surface area (Å²) in [6.07, 6.45) is 0. The molecule has 0 radical (unpaired) electrons. The Morgan fingerprint density at radius 2 is 1.57 bits per heavy atom. The number of urea groups is 1. The highest BCUT2D eigenvalue weighted by atomic mass is 35.5. The minimum atomic E-state index is -0.249. The molecule has 21 heavy (non-hydrogen) atoms. The van der Waals surface area contributed by atoms with Crippen molar-refractivity contribution in [2.75, 3.05) is 0 Å². The van der Waals surface area contributed by atoms with E-state index in [0.29, 0.717) is 18.1 Å². The normalized spacial score (nSPS) is 10.2. The van der Waals surface area contributed by atoms with Crippen molar-refractivity contribution in [3.05, 3.63) is 70.2 Å². The number of halogens is 1. The zero-order chi connectivity index (χ0) is 15.1. The lowest BCUT2D eigenvalue weighted by Crippen LogP contribution is -2.34. The Hall–Kier alpha value is -2.04. The maximum atomic E-state index is 11.7. The van der Waals surface area contributed by atoms with Gasteiger partial charge in [0.05, 0.1) is 6.61 Å². The van der Waals surface area contributed by atoms with Crippen LogP contribution in [0, 0.1) is 0 Å². The van der Waals surface area contributed by atoms with Crippen molar-refractivity contribution in [3.8, 4) is 0 Å². The van der Waals surface area contributed by atoms with Crippen molar-refractivity contribution in [1.29, 1.82) is 0 Å². The molecule has 0 fully saturated rings. The van der Waals surface area contributed by atoms with Crippen molar-refractivity contribution in [2.24, 2.45) is 0 Å². The molecule has 0 aliphatic rings. The van der Waals surface area contributed by atoms with Gasteiger partial charge in [-0.3, -0.25) is 0 Å². The van der Waals surface area contributed by atoms with E-state index in [2.05, 4.69) is 10.6 Å². The van der Waals surface area contributed by atoms with Gasteiger partial charge >= 0.3 is 6.03 Å². The fraction of sp³-hybridized carbons (Fsp3) is 0.188. The highest BCUT2D eigenvalue weighted by Crippen LogP contribution is 2.14. The molecule has 2 rings (SSSR count). The maximum absolute atomic E-state index is 11.7. The summed E-state index contributed by atoms with van der Waals surface area (Å²) >= 11 is 6.02. The first kappa shape index (κ1) is 15.4. The first-order valence-corrected chi connectivity index (χ1v) is 7.00.